The molecule has 0 aliphatic carbocycles. The van der Waals surface area contributed by atoms with Crippen LogP contribution >= 0.6 is 0 Å². The summed E-state index contributed by atoms with van der Waals surface area (Å²) in [5.74, 6) is -0.600. The summed E-state index contributed by atoms with van der Waals surface area (Å²) in [6.07, 6.45) is 0.579. The molecule has 1 saturated heterocycles. The van der Waals surface area contributed by atoms with E-state index >= 15 is 0 Å². The topological polar surface area (TPSA) is 55.8 Å². The van der Waals surface area contributed by atoms with Gasteiger partial charge < -0.3 is 9.16 Å². The zero-order valence-corrected chi connectivity index (χ0v) is 19.3. The lowest BCUT2D eigenvalue weighted by Gasteiger charge is -2.41. The van der Waals surface area contributed by atoms with Crippen molar-refractivity contribution in [2.45, 2.75) is 77.7 Å². The molecule has 1 aromatic carbocycles. The summed E-state index contributed by atoms with van der Waals surface area (Å²) in [6, 6.07) is 9.61. The molecular weight excluding hydrogens is 372 g/mol. The number of ether oxygens (including phenoxy) is 1. The minimum atomic E-state index is -2.02. The van der Waals surface area contributed by atoms with Gasteiger partial charge in [0.1, 0.15) is 6.61 Å². The second-order valence-electron chi connectivity index (χ2n) is 9.24. The summed E-state index contributed by atoms with van der Waals surface area (Å²) in [6.45, 7) is 15.1. The van der Waals surface area contributed by atoms with E-state index in [2.05, 4.69) is 33.9 Å². The Morgan fingerprint density at radius 2 is 1.89 bits per heavy atom. The monoisotopic (exact) mass is 407 g/mol. The maximum absolute atomic E-state index is 13.3. The van der Waals surface area contributed by atoms with Crippen molar-refractivity contribution in [3.05, 3.63) is 35.9 Å². The van der Waals surface area contributed by atoms with Crippen molar-refractivity contribution in [2.24, 2.45) is 5.92 Å². The van der Waals surface area contributed by atoms with Crippen molar-refractivity contribution in [3.8, 4) is 0 Å². The minimum Gasteiger partial charge on any atom is -0.447 e. The lowest BCUT2D eigenvalue weighted by Crippen LogP contribution is -2.50. The Balaban J connectivity index is 2.15. The number of benzene rings is 1. The molecule has 2 amide bonds. The number of hydrogen-bond donors (Lipinski definition) is 0. The molecule has 1 aromatic rings. The summed E-state index contributed by atoms with van der Waals surface area (Å²) >= 11 is 0. The molecule has 1 aliphatic rings. The van der Waals surface area contributed by atoms with Crippen LogP contribution < -0.4 is 0 Å². The number of cyclic esters (lactones) is 1. The number of carbonyl (C=O) groups is 2. The van der Waals surface area contributed by atoms with Crippen molar-refractivity contribution in [1.82, 2.24) is 4.90 Å². The first kappa shape index (κ1) is 22.6. The summed E-state index contributed by atoms with van der Waals surface area (Å²) in [5, 5.41) is 0.0611. The van der Waals surface area contributed by atoms with E-state index in [0.29, 0.717) is 6.42 Å². The van der Waals surface area contributed by atoms with Crippen LogP contribution in [0, 0.1) is 5.92 Å². The number of imide groups is 1. The second kappa shape index (κ2) is 8.78. The van der Waals surface area contributed by atoms with Gasteiger partial charge in [0.25, 0.3) is 0 Å². The average Bonchev–Trinajstić information content (AvgIpc) is 2.98. The third-order valence-corrected chi connectivity index (χ3v) is 10.6. The van der Waals surface area contributed by atoms with Gasteiger partial charge in [-0.2, -0.15) is 0 Å². The van der Waals surface area contributed by atoms with Crippen molar-refractivity contribution in [2.75, 3.05) is 6.61 Å². The fraction of sp³-hybridized carbons (Fsp3) is 0.636. The third-order valence-electron chi connectivity index (χ3n) is 6.11. The van der Waals surface area contributed by atoms with E-state index in [9.17, 15) is 9.59 Å². The van der Waals surface area contributed by atoms with E-state index in [4.69, 9.17) is 9.16 Å². The minimum absolute atomic E-state index is 0.0611. The highest BCUT2D eigenvalue weighted by Gasteiger charge is 2.44. The largest absolute Gasteiger partial charge is 0.447 e. The molecule has 0 bridgehead atoms. The summed E-state index contributed by atoms with van der Waals surface area (Å²) in [4.78, 5) is 26.9. The zero-order valence-electron chi connectivity index (χ0n) is 18.3. The Bertz CT molecular complexity index is 684. The van der Waals surface area contributed by atoms with Gasteiger partial charge in [-0.25, -0.2) is 9.69 Å². The Morgan fingerprint density at radius 1 is 1.29 bits per heavy atom. The van der Waals surface area contributed by atoms with Gasteiger partial charge in [-0.15, -0.1) is 0 Å². The van der Waals surface area contributed by atoms with Gasteiger partial charge in [0.15, 0.2) is 8.32 Å². The van der Waals surface area contributed by atoms with E-state index in [-0.39, 0.29) is 29.7 Å². The van der Waals surface area contributed by atoms with Gasteiger partial charge >= 0.3 is 6.09 Å². The molecule has 2 rings (SSSR count). The fourth-order valence-electron chi connectivity index (χ4n) is 3.24. The molecule has 0 unspecified atom stereocenters. The van der Waals surface area contributed by atoms with Crippen molar-refractivity contribution < 1.29 is 18.8 Å². The van der Waals surface area contributed by atoms with Crippen molar-refractivity contribution in [1.29, 1.82) is 0 Å². The highest BCUT2D eigenvalue weighted by Crippen LogP contribution is 2.38. The molecule has 0 spiro atoms. The first-order valence-electron chi connectivity index (χ1n) is 10.2. The van der Waals surface area contributed by atoms with Crippen LogP contribution in [-0.4, -0.2) is 44.0 Å². The van der Waals surface area contributed by atoms with E-state index in [1.807, 2.05) is 44.2 Å². The van der Waals surface area contributed by atoms with Crippen LogP contribution in [0.3, 0.4) is 0 Å². The maximum Gasteiger partial charge on any atom is 0.416 e. The van der Waals surface area contributed by atoms with E-state index in [1.165, 1.54) is 4.90 Å². The van der Waals surface area contributed by atoms with Crippen molar-refractivity contribution in [3.63, 3.8) is 0 Å². The molecule has 1 heterocycles. The molecule has 0 aromatic heterocycles. The molecule has 3 atom stereocenters. The van der Waals surface area contributed by atoms with Gasteiger partial charge in [0.05, 0.1) is 18.1 Å². The SMILES string of the molecule is CC[13C@@H](O[Si](C)(C)C(C)(C)C)[13C@H](C)C(=O)N1C(=O)OC[C@H]1Cc1ccccc1. The summed E-state index contributed by atoms with van der Waals surface area (Å²) in [5.41, 5.74) is 1.08. The lowest BCUT2D eigenvalue weighted by atomic mass is 10.1. The molecule has 0 saturated carbocycles. The molecule has 6 heteroatoms. The van der Waals surface area contributed by atoms with E-state index in [1.54, 1.807) is 0 Å². The van der Waals surface area contributed by atoms with Gasteiger partial charge in [0.2, 0.25) is 5.91 Å². The van der Waals surface area contributed by atoms with Crippen LogP contribution in [-0.2, 0) is 20.4 Å². The summed E-state index contributed by atoms with van der Waals surface area (Å²) < 4.78 is 11.7. The second-order valence-corrected chi connectivity index (χ2v) is 14.0. The lowest BCUT2D eigenvalue weighted by molar-refractivity contribution is -0.136. The van der Waals surface area contributed by atoms with E-state index < -0.39 is 20.3 Å². The van der Waals surface area contributed by atoms with Crippen molar-refractivity contribution >= 4 is 20.3 Å². The smallest absolute Gasteiger partial charge is 0.416 e. The highest BCUT2D eigenvalue weighted by atomic mass is 28.4. The molecule has 156 valence electrons. The van der Waals surface area contributed by atoms with E-state index in [0.717, 1.165) is 12.0 Å². The van der Waals surface area contributed by atoms with Crippen LogP contribution in [0.1, 0.15) is 46.6 Å². The van der Waals surface area contributed by atoms with Crippen LogP contribution in [0.2, 0.25) is 18.1 Å². The number of carbonyl (C=O) groups excluding carboxylic acids is 2. The highest BCUT2D eigenvalue weighted by molar-refractivity contribution is 6.74. The van der Waals surface area contributed by atoms with Gasteiger partial charge in [-0.05, 0) is 36.5 Å². The maximum atomic E-state index is 13.3. The molecule has 28 heavy (non-hydrogen) atoms. The molecule has 0 N–H and O–H groups in total. The number of nitrogens with zero attached hydrogens (tertiary/aromatic N) is 1. The molecular formula is C22H35NO4Si. The molecule has 1 aliphatic heterocycles. The van der Waals surface area contributed by atoms with Gasteiger partial charge in [0, 0.05) is 0 Å². The Hall–Kier alpha value is -1.66. The normalized spacial score (nSPS) is 20.0. The Labute approximate surface area is 170 Å². The Morgan fingerprint density at radius 3 is 2.43 bits per heavy atom. The standard InChI is InChI=1S/C22H35NO4Si/c1-8-19(27-28(6,7)22(3,4)5)16(2)20(24)23-18(15-26-21(23)25)14-17-12-10-9-11-13-17/h9-13,16,18-19H,8,14-15H2,1-7H3/t16-,18+,19+/m0/s1/i16+1,19+1. The first-order valence-corrected chi connectivity index (χ1v) is 13.1. The van der Waals surface area contributed by atoms with Crippen LogP contribution in [0.15, 0.2) is 30.3 Å². The molecule has 1 fully saturated rings. The molecule has 0 radical (unpaired) electrons. The average molecular weight is 408 g/mol. The number of rotatable bonds is 7. The third kappa shape index (κ3) is 5.03. The fourth-order valence-corrected chi connectivity index (χ4v) is 4.72. The predicted molar refractivity (Wildman–Crippen MR) is 114 cm³/mol. The van der Waals surface area contributed by atoms with Gasteiger partial charge in [-0.1, -0.05) is 65.0 Å². The summed E-state index contributed by atoms with van der Waals surface area (Å²) in [7, 11) is -2.02. The predicted octanol–water partition coefficient (Wildman–Crippen LogP) is 5.01. The Kier molecular flexibility index (Phi) is 7.10. The zero-order chi connectivity index (χ0) is 21.1. The molecule has 5 nitrogen and oxygen atoms in total. The number of amides is 2. The van der Waals surface area contributed by atoms with Gasteiger partial charge in [-0.3, -0.25) is 4.79 Å². The number of hydrogen-bond acceptors (Lipinski definition) is 4. The van der Waals surface area contributed by atoms with Crippen LogP contribution in [0.5, 0.6) is 0 Å². The first-order chi connectivity index (χ1) is 13.0. The quantitative estimate of drug-likeness (QED) is 0.471. The van der Waals surface area contributed by atoms with Crippen LogP contribution in [0.4, 0.5) is 4.79 Å². The van der Waals surface area contributed by atoms with Crippen LogP contribution in [0.25, 0.3) is 0 Å².